The molecule has 0 aliphatic heterocycles. The number of furan rings is 1. The van der Waals surface area contributed by atoms with Gasteiger partial charge in [0.05, 0.1) is 11.8 Å². The van der Waals surface area contributed by atoms with Gasteiger partial charge >= 0.3 is 0 Å². The molecule has 0 amide bonds. The van der Waals surface area contributed by atoms with Gasteiger partial charge in [-0.1, -0.05) is 17.7 Å². The Morgan fingerprint density at radius 2 is 2.25 bits per heavy atom. The molecule has 0 spiro atoms. The summed E-state index contributed by atoms with van der Waals surface area (Å²) >= 11 is 6.08. The SMILES string of the molecule is N#C/C(=C(/Cl)c1ccco1)c1cccnc1. The third-order valence-electron chi connectivity index (χ3n) is 2.02. The maximum absolute atomic E-state index is 9.09. The van der Waals surface area contributed by atoms with Crippen LogP contribution in [0.15, 0.2) is 47.3 Å². The summed E-state index contributed by atoms with van der Waals surface area (Å²) in [7, 11) is 0. The van der Waals surface area contributed by atoms with E-state index >= 15 is 0 Å². The van der Waals surface area contributed by atoms with Gasteiger partial charge in [-0.25, -0.2) is 0 Å². The Labute approximate surface area is 97.6 Å². The number of nitriles is 1. The molecule has 0 saturated heterocycles. The summed E-state index contributed by atoms with van der Waals surface area (Å²) in [6.45, 7) is 0. The highest BCUT2D eigenvalue weighted by molar-refractivity contribution is 6.52. The van der Waals surface area contributed by atoms with Gasteiger partial charge in [0, 0.05) is 18.0 Å². The molecule has 0 aliphatic rings. The average molecular weight is 231 g/mol. The first-order valence-corrected chi connectivity index (χ1v) is 4.95. The van der Waals surface area contributed by atoms with Crippen molar-refractivity contribution in [3.05, 3.63) is 54.2 Å². The summed E-state index contributed by atoms with van der Waals surface area (Å²) in [5.74, 6) is 0.474. The lowest BCUT2D eigenvalue weighted by atomic mass is 10.1. The van der Waals surface area contributed by atoms with E-state index in [-0.39, 0.29) is 0 Å². The van der Waals surface area contributed by atoms with Crippen LogP contribution in [0.1, 0.15) is 11.3 Å². The van der Waals surface area contributed by atoms with Crippen LogP contribution in [0.3, 0.4) is 0 Å². The summed E-state index contributed by atoms with van der Waals surface area (Å²) in [4.78, 5) is 3.94. The van der Waals surface area contributed by atoms with E-state index in [9.17, 15) is 0 Å². The lowest BCUT2D eigenvalue weighted by Gasteiger charge is -2.00. The Morgan fingerprint density at radius 3 is 2.81 bits per heavy atom. The highest BCUT2D eigenvalue weighted by atomic mass is 35.5. The fourth-order valence-corrected chi connectivity index (χ4v) is 1.54. The summed E-state index contributed by atoms with van der Waals surface area (Å²) in [5, 5.41) is 9.38. The van der Waals surface area contributed by atoms with Crippen LogP contribution >= 0.6 is 11.6 Å². The minimum Gasteiger partial charge on any atom is -0.463 e. The highest BCUT2D eigenvalue weighted by Gasteiger charge is 2.11. The topological polar surface area (TPSA) is 49.8 Å². The molecule has 0 aromatic carbocycles. The Balaban J connectivity index is 2.52. The molecule has 16 heavy (non-hydrogen) atoms. The molecule has 4 heteroatoms. The number of halogens is 1. The Hall–Kier alpha value is -2.05. The van der Waals surface area contributed by atoms with Crippen LogP contribution in [0.25, 0.3) is 10.6 Å². The second kappa shape index (κ2) is 4.65. The van der Waals surface area contributed by atoms with Gasteiger partial charge in [-0.05, 0) is 18.2 Å². The molecule has 2 rings (SSSR count). The Kier molecular flexibility index (Phi) is 3.04. The quantitative estimate of drug-likeness (QED) is 0.744. The van der Waals surface area contributed by atoms with Crippen LogP contribution in [0.4, 0.5) is 0 Å². The van der Waals surface area contributed by atoms with E-state index in [0.29, 0.717) is 21.9 Å². The summed E-state index contributed by atoms with van der Waals surface area (Å²) in [6, 6.07) is 9.00. The van der Waals surface area contributed by atoms with Crippen molar-refractivity contribution in [1.82, 2.24) is 4.98 Å². The zero-order valence-electron chi connectivity index (χ0n) is 8.22. The van der Waals surface area contributed by atoms with Crippen molar-refractivity contribution in [3.8, 4) is 6.07 Å². The Bertz CT molecular complexity index is 538. The van der Waals surface area contributed by atoms with E-state index in [4.69, 9.17) is 21.3 Å². The van der Waals surface area contributed by atoms with E-state index in [1.54, 1.807) is 36.7 Å². The molecule has 2 heterocycles. The molecule has 2 aromatic rings. The number of hydrogen-bond donors (Lipinski definition) is 0. The van der Waals surface area contributed by atoms with Crippen molar-refractivity contribution >= 4 is 22.2 Å². The third kappa shape index (κ3) is 1.97. The van der Waals surface area contributed by atoms with Crippen LogP contribution in [-0.2, 0) is 0 Å². The smallest absolute Gasteiger partial charge is 0.146 e. The second-order valence-electron chi connectivity index (χ2n) is 3.02. The van der Waals surface area contributed by atoms with Gasteiger partial charge in [0.25, 0.3) is 0 Å². The number of nitrogens with zero attached hydrogens (tertiary/aromatic N) is 2. The molecule has 78 valence electrons. The number of pyridine rings is 1. The molecule has 2 aromatic heterocycles. The maximum atomic E-state index is 9.09. The van der Waals surface area contributed by atoms with E-state index in [1.807, 2.05) is 0 Å². The van der Waals surface area contributed by atoms with Gasteiger partial charge in [-0.3, -0.25) is 4.98 Å². The van der Waals surface area contributed by atoms with Gasteiger partial charge in [0.1, 0.15) is 16.9 Å². The van der Waals surface area contributed by atoms with Gasteiger partial charge in [0.15, 0.2) is 0 Å². The molecule has 0 unspecified atom stereocenters. The van der Waals surface area contributed by atoms with Crippen LogP contribution in [0, 0.1) is 11.3 Å². The predicted octanol–water partition coefficient (Wildman–Crippen LogP) is 3.31. The maximum Gasteiger partial charge on any atom is 0.146 e. The molecule has 0 atom stereocenters. The molecule has 0 aliphatic carbocycles. The predicted molar refractivity (Wildman–Crippen MR) is 61.2 cm³/mol. The number of aromatic nitrogens is 1. The molecular formula is C12H7ClN2O. The van der Waals surface area contributed by atoms with Gasteiger partial charge in [0.2, 0.25) is 0 Å². The van der Waals surface area contributed by atoms with Crippen LogP contribution < -0.4 is 0 Å². The van der Waals surface area contributed by atoms with Crippen LogP contribution in [0.2, 0.25) is 0 Å². The first-order valence-electron chi connectivity index (χ1n) is 4.57. The normalized spacial score (nSPS) is 11.8. The fourth-order valence-electron chi connectivity index (χ4n) is 1.28. The third-order valence-corrected chi connectivity index (χ3v) is 2.39. The van der Waals surface area contributed by atoms with Crippen LogP contribution in [0.5, 0.6) is 0 Å². The number of hydrogen-bond acceptors (Lipinski definition) is 3. The molecular weight excluding hydrogens is 224 g/mol. The minimum absolute atomic E-state index is 0.292. The summed E-state index contributed by atoms with van der Waals surface area (Å²) in [5.41, 5.74) is 1.02. The molecule has 0 bridgehead atoms. The molecule has 0 radical (unpaired) electrons. The lowest BCUT2D eigenvalue weighted by Crippen LogP contribution is -1.85. The molecule has 3 nitrogen and oxygen atoms in total. The van der Waals surface area contributed by atoms with Crippen molar-refractivity contribution in [2.75, 3.05) is 0 Å². The first-order chi connectivity index (χ1) is 7.83. The number of allylic oxidation sites excluding steroid dienone is 1. The second-order valence-corrected chi connectivity index (χ2v) is 3.40. The van der Waals surface area contributed by atoms with Crippen molar-refractivity contribution in [1.29, 1.82) is 5.26 Å². The van der Waals surface area contributed by atoms with E-state index in [1.165, 1.54) is 6.26 Å². The fraction of sp³-hybridized carbons (Fsp3) is 0. The lowest BCUT2D eigenvalue weighted by molar-refractivity contribution is 0.556. The zero-order chi connectivity index (χ0) is 11.4. The van der Waals surface area contributed by atoms with E-state index < -0.39 is 0 Å². The zero-order valence-corrected chi connectivity index (χ0v) is 8.98. The van der Waals surface area contributed by atoms with Gasteiger partial charge in [-0.15, -0.1) is 0 Å². The first kappa shape index (κ1) is 10.5. The van der Waals surface area contributed by atoms with E-state index in [2.05, 4.69) is 11.1 Å². The van der Waals surface area contributed by atoms with Gasteiger partial charge < -0.3 is 4.42 Å². The van der Waals surface area contributed by atoms with Crippen molar-refractivity contribution in [3.63, 3.8) is 0 Å². The van der Waals surface area contributed by atoms with E-state index in [0.717, 1.165) is 0 Å². The van der Waals surface area contributed by atoms with Crippen LogP contribution in [-0.4, -0.2) is 4.98 Å². The monoisotopic (exact) mass is 230 g/mol. The largest absolute Gasteiger partial charge is 0.463 e. The average Bonchev–Trinajstić information content (AvgIpc) is 2.85. The molecule has 0 N–H and O–H groups in total. The summed E-state index contributed by atoms with van der Waals surface area (Å²) < 4.78 is 5.14. The Morgan fingerprint density at radius 1 is 1.38 bits per heavy atom. The minimum atomic E-state index is 0.292. The van der Waals surface area contributed by atoms with Crippen molar-refractivity contribution in [2.24, 2.45) is 0 Å². The number of rotatable bonds is 2. The standard InChI is InChI=1S/C12H7ClN2O/c13-12(11-4-2-6-16-11)10(7-14)9-3-1-5-15-8-9/h1-6,8H/b12-10-. The molecule has 0 fully saturated rings. The molecule has 0 saturated carbocycles. The van der Waals surface area contributed by atoms with Crippen molar-refractivity contribution in [2.45, 2.75) is 0 Å². The van der Waals surface area contributed by atoms with Gasteiger partial charge in [-0.2, -0.15) is 5.26 Å². The summed E-state index contributed by atoms with van der Waals surface area (Å²) in [6.07, 6.45) is 4.74. The highest BCUT2D eigenvalue weighted by Crippen LogP contribution is 2.28. The van der Waals surface area contributed by atoms with Crippen molar-refractivity contribution < 1.29 is 4.42 Å².